The van der Waals surface area contributed by atoms with Crippen LogP contribution in [-0.2, 0) is 9.47 Å². The van der Waals surface area contributed by atoms with Crippen molar-refractivity contribution in [3.05, 3.63) is 60.4 Å². The first kappa shape index (κ1) is 32.4. The molecule has 2 N–H and O–H groups in total. The molecule has 0 unspecified atom stereocenters. The van der Waals surface area contributed by atoms with Crippen LogP contribution in [0.3, 0.4) is 0 Å². The lowest BCUT2D eigenvalue weighted by atomic mass is 10.1. The number of fused-ring (bicyclic) bond motifs is 1. The average molecular weight is 687 g/mol. The van der Waals surface area contributed by atoms with Gasteiger partial charge in [-0.05, 0) is 90.5 Å². The summed E-state index contributed by atoms with van der Waals surface area (Å²) in [4.78, 5) is 47.8. The number of nitrogens with one attached hydrogen (secondary N) is 2. The van der Waals surface area contributed by atoms with E-state index in [1.807, 2.05) is 53.9 Å². The Balaban J connectivity index is 1.03. The fraction of sp³-hybridized carbons (Fsp3) is 0.444. The summed E-state index contributed by atoms with van der Waals surface area (Å²) in [6, 6.07) is 12.8. The molecule has 4 aromatic heterocycles. The van der Waals surface area contributed by atoms with Crippen LogP contribution in [0.1, 0.15) is 91.0 Å². The van der Waals surface area contributed by atoms with Crippen LogP contribution in [0.5, 0.6) is 0 Å². The summed E-state index contributed by atoms with van der Waals surface area (Å²) in [6.45, 7) is 12.7. The van der Waals surface area contributed by atoms with Crippen molar-refractivity contribution in [3.8, 4) is 32.3 Å². The number of aromatic nitrogens is 4. The summed E-state index contributed by atoms with van der Waals surface area (Å²) in [7, 11) is 0. The van der Waals surface area contributed by atoms with Gasteiger partial charge in [-0.3, -0.25) is 9.80 Å². The minimum Gasteiger partial charge on any atom is -0.444 e. The van der Waals surface area contributed by atoms with Gasteiger partial charge < -0.3 is 19.4 Å². The van der Waals surface area contributed by atoms with E-state index >= 15 is 0 Å². The molecular weight excluding hydrogens is 645 g/mol. The minimum atomic E-state index is -0.534. The van der Waals surface area contributed by atoms with Gasteiger partial charge >= 0.3 is 12.2 Å². The topological polar surface area (TPSA) is 116 Å². The molecule has 2 fully saturated rings. The Morgan fingerprint density at radius 3 is 1.71 bits per heavy atom. The summed E-state index contributed by atoms with van der Waals surface area (Å²) < 4.78 is 13.7. The third-order valence-electron chi connectivity index (χ3n) is 8.54. The van der Waals surface area contributed by atoms with Gasteiger partial charge in [-0.25, -0.2) is 19.6 Å². The number of hydrogen-bond acceptors (Lipinski definition) is 8. The highest BCUT2D eigenvalue weighted by atomic mass is 32.1. The normalized spacial score (nSPS) is 18.6. The number of likely N-dealkylation sites (tertiary alicyclic amines) is 2. The highest BCUT2D eigenvalue weighted by Crippen LogP contribution is 2.42. The zero-order valence-corrected chi connectivity index (χ0v) is 29.9. The number of imidazole rings is 2. The van der Waals surface area contributed by atoms with Crippen LogP contribution in [-0.4, -0.2) is 66.2 Å². The molecule has 1 aromatic carbocycles. The fourth-order valence-electron chi connectivity index (χ4n) is 6.39. The smallest absolute Gasteiger partial charge is 0.410 e. The van der Waals surface area contributed by atoms with E-state index in [2.05, 4.69) is 56.3 Å². The van der Waals surface area contributed by atoms with Crippen molar-refractivity contribution in [1.82, 2.24) is 29.7 Å². The number of aromatic amines is 2. The number of nitrogens with zero attached hydrogens (tertiary/aromatic N) is 4. The van der Waals surface area contributed by atoms with Gasteiger partial charge in [0.1, 0.15) is 22.9 Å². The molecular formula is C36H42N6O4S2. The van der Waals surface area contributed by atoms with Crippen molar-refractivity contribution in [3.63, 3.8) is 0 Å². The second kappa shape index (κ2) is 12.4. The van der Waals surface area contributed by atoms with Gasteiger partial charge in [0.05, 0.1) is 40.7 Å². The number of hydrogen-bond donors (Lipinski definition) is 2. The minimum absolute atomic E-state index is 0.104. The summed E-state index contributed by atoms with van der Waals surface area (Å²) in [5.74, 6) is 1.60. The second-order valence-corrected chi connectivity index (χ2v) is 16.7. The molecule has 10 nitrogen and oxygen atoms in total. The lowest BCUT2D eigenvalue weighted by molar-refractivity contribution is 0.0208. The predicted molar refractivity (Wildman–Crippen MR) is 190 cm³/mol. The van der Waals surface area contributed by atoms with Gasteiger partial charge in [0, 0.05) is 27.4 Å². The van der Waals surface area contributed by atoms with Gasteiger partial charge in [-0.2, -0.15) is 0 Å². The molecule has 48 heavy (non-hydrogen) atoms. The number of benzene rings is 1. The van der Waals surface area contributed by atoms with E-state index in [4.69, 9.17) is 9.47 Å². The van der Waals surface area contributed by atoms with E-state index in [9.17, 15) is 9.59 Å². The standard InChI is InChI=1S/C36H42N6O4S2/c1-35(2,3)45-33(43)41-15-7-9-25(41)31-37-19-23(39-31)21-11-13-22(14-12-21)27-17-29-30(47-27)18-28(48-29)24-20-38-32(40-24)26-10-8-16-42(26)34(44)46-36(4,5)6/h11-14,17-20,25-26H,7-10,15-16H2,1-6H3,(H,37,39)(H,38,40)/t25-,26-/m0/s1. The van der Waals surface area contributed by atoms with E-state index in [0.717, 1.165) is 64.7 Å². The first-order valence-electron chi connectivity index (χ1n) is 16.5. The monoisotopic (exact) mass is 686 g/mol. The Kier molecular flexibility index (Phi) is 8.35. The molecule has 12 heteroatoms. The lowest BCUT2D eigenvalue weighted by Crippen LogP contribution is -2.36. The van der Waals surface area contributed by atoms with Crippen molar-refractivity contribution in [2.24, 2.45) is 0 Å². The van der Waals surface area contributed by atoms with Gasteiger partial charge in [0.25, 0.3) is 0 Å². The van der Waals surface area contributed by atoms with Crippen LogP contribution < -0.4 is 0 Å². The maximum Gasteiger partial charge on any atom is 0.410 e. The first-order chi connectivity index (χ1) is 22.8. The number of H-pyrrole nitrogens is 2. The van der Waals surface area contributed by atoms with E-state index in [1.165, 1.54) is 14.3 Å². The van der Waals surface area contributed by atoms with Crippen LogP contribution in [0.2, 0.25) is 0 Å². The van der Waals surface area contributed by atoms with Crippen LogP contribution in [0, 0.1) is 0 Å². The fourth-order valence-corrected chi connectivity index (χ4v) is 8.76. The molecule has 2 aliphatic heterocycles. The van der Waals surface area contributed by atoms with E-state index < -0.39 is 11.2 Å². The highest BCUT2D eigenvalue weighted by molar-refractivity contribution is 7.31. The van der Waals surface area contributed by atoms with E-state index in [1.54, 1.807) is 32.5 Å². The molecule has 0 saturated carbocycles. The quantitative estimate of drug-likeness (QED) is 0.190. The molecule has 0 radical (unpaired) electrons. The summed E-state index contributed by atoms with van der Waals surface area (Å²) in [6.07, 6.45) is 6.72. The van der Waals surface area contributed by atoms with Crippen molar-refractivity contribution in [2.45, 2.75) is 90.5 Å². The Morgan fingerprint density at radius 2 is 1.17 bits per heavy atom. The predicted octanol–water partition coefficient (Wildman–Crippen LogP) is 9.55. The molecule has 0 spiro atoms. The van der Waals surface area contributed by atoms with Crippen LogP contribution >= 0.6 is 22.7 Å². The molecule has 252 valence electrons. The number of thiophene rings is 2. The highest BCUT2D eigenvalue weighted by Gasteiger charge is 2.36. The first-order valence-corrected chi connectivity index (χ1v) is 18.2. The lowest BCUT2D eigenvalue weighted by Gasteiger charge is -2.27. The molecule has 2 aliphatic rings. The average Bonchev–Trinajstić information content (AvgIpc) is 3.83. The summed E-state index contributed by atoms with van der Waals surface area (Å²) in [5.41, 5.74) is 3.03. The molecule has 2 amide bonds. The number of ether oxygens (including phenoxy) is 2. The van der Waals surface area contributed by atoms with Crippen molar-refractivity contribution in [2.75, 3.05) is 13.1 Å². The Labute approximate surface area is 288 Å². The Bertz CT molecular complexity index is 1910. The van der Waals surface area contributed by atoms with Crippen molar-refractivity contribution < 1.29 is 19.1 Å². The molecule has 7 rings (SSSR count). The summed E-state index contributed by atoms with van der Waals surface area (Å²) in [5, 5.41) is 0. The largest absolute Gasteiger partial charge is 0.444 e. The molecule has 0 aliphatic carbocycles. The van der Waals surface area contributed by atoms with Gasteiger partial charge in [0.2, 0.25) is 0 Å². The van der Waals surface area contributed by atoms with Gasteiger partial charge in [0.15, 0.2) is 0 Å². The summed E-state index contributed by atoms with van der Waals surface area (Å²) >= 11 is 3.51. The molecule has 6 heterocycles. The zero-order chi connectivity index (χ0) is 33.8. The molecule has 0 bridgehead atoms. The third-order valence-corrected chi connectivity index (χ3v) is 10.9. The zero-order valence-electron chi connectivity index (χ0n) is 28.3. The Morgan fingerprint density at radius 1 is 0.708 bits per heavy atom. The van der Waals surface area contributed by atoms with Gasteiger partial charge in [-0.15, -0.1) is 22.7 Å². The van der Waals surface area contributed by atoms with Crippen LogP contribution in [0.15, 0.2) is 48.8 Å². The number of carbonyl (C=O) groups is 2. The van der Waals surface area contributed by atoms with Crippen molar-refractivity contribution in [1.29, 1.82) is 0 Å². The third kappa shape index (κ3) is 6.73. The number of amides is 2. The van der Waals surface area contributed by atoms with Gasteiger partial charge in [-0.1, -0.05) is 24.3 Å². The maximum absolute atomic E-state index is 12.8. The second-order valence-electron chi connectivity index (χ2n) is 14.6. The number of rotatable bonds is 5. The van der Waals surface area contributed by atoms with Crippen molar-refractivity contribution >= 4 is 44.3 Å². The maximum atomic E-state index is 12.8. The number of carbonyl (C=O) groups excluding carboxylic acids is 2. The van der Waals surface area contributed by atoms with Crippen LogP contribution in [0.25, 0.3) is 41.7 Å². The molecule has 5 aromatic rings. The Hall–Kier alpha value is -4.16. The van der Waals surface area contributed by atoms with E-state index in [-0.39, 0.29) is 24.3 Å². The molecule has 2 saturated heterocycles. The van der Waals surface area contributed by atoms with Crippen LogP contribution in [0.4, 0.5) is 9.59 Å². The van der Waals surface area contributed by atoms with E-state index in [0.29, 0.717) is 13.1 Å². The SMILES string of the molecule is CC(C)(C)OC(=O)N1CCC[C@H]1c1ncc(-c2ccc(-c3cc4sc(-c5cnc([C@@H]6CCCN6C(=O)OC(C)(C)C)[nH]5)cc4s3)cc2)[nH]1. The molecule has 2 atom stereocenters.